The van der Waals surface area contributed by atoms with Crippen LogP contribution in [0.25, 0.3) is 0 Å². The molecule has 1 atom stereocenters. The van der Waals surface area contributed by atoms with Gasteiger partial charge in [0.1, 0.15) is 0 Å². The van der Waals surface area contributed by atoms with E-state index in [1.54, 1.807) is 0 Å². The van der Waals surface area contributed by atoms with Gasteiger partial charge in [0.15, 0.2) is 0 Å². The van der Waals surface area contributed by atoms with Crippen LogP contribution in [0.4, 0.5) is 5.69 Å². The number of sulfonamides is 1. The summed E-state index contributed by atoms with van der Waals surface area (Å²) >= 11 is 2.21. The maximum Gasteiger partial charge on any atom is 0.232 e. The van der Waals surface area contributed by atoms with Crippen LogP contribution in [0.1, 0.15) is 57.9 Å². The Labute approximate surface area is 178 Å². The van der Waals surface area contributed by atoms with Gasteiger partial charge in [0.25, 0.3) is 0 Å². The van der Waals surface area contributed by atoms with Gasteiger partial charge in [-0.1, -0.05) is 33.1 Å². The minimum absolute atomic E-state index is 0.00210. The lowest BCUT2D eigenvalue weighted by molar-refractivity contribution is -0.121. The molecule has 0 aliphatic carbocycles. The second-order valence-corrected chi connectivity index (χ2v) is 10.2. The number of hydrogen-bond donors (Lipinski definition) is 1. The standard InChI is InChI=1S/C20H33IN2O3S/c1-5-7-9-17(6-2)15-22-20(24)10-8-13-23(27(4,25)26)19-12-11-18(21)14-16(19)3/h11-12,14,17H,5-10,13,15H2,1-4H3,(H,22,24). The van der Waals surface area contributed by atoms with Gasteiger partial charge in [0, 0.05) is 23.1 Å². The average Bonchev–Trinajstić information content (AvgIpc) is 2.59. The van der Waals surface area contributed by atoms with Gasteiger partial charge in [0.05, 0.1) is 11.9 Å². The number of rotatable bonds is 12. The molecule has 1 aromatic carbocycles. The topological polar surface area (TPSA) is 66.5 Å². The first kappa shape index (κ1) is 24.2. The summed E-state index contributed by atoms with van der Waals surface area (Å²) in [6.45, 7) is 7.25. The molecular weight excluding hydrogens is 475 g/mol. The molecule has 0 bridgehead atoms. The predicted octanol–water partition coefficient (Wildman–Crippen LogP) is 4.48. The van der Waals surface area contributed by atoms with Gasteiger partial charge in [-0.2, -0.15) is 0 Å². The first-order valence-corrected chi connectivity index (χ1v) is 12.6. The molecule has 0 saturated heterocycles. The number of amides is 1. The van der Waals surface area contributed by atoms with E-state index in [0.717, 1.165) is 22.0 Å². The van der Waals surface area contributed by atoms with E-state index in [9.17, 15) is 13.2 Å². The van der Waals surface area contributed by atoms with Crippen LogP contribution >= 0.6 is 22.6 Å². The van der Waals surface area contributed by atoms with Crippen molar-refractivity contribution in [3.8, 4) is 0 Å². The molecular formula is C20H33IN2O3S. The molecule has 154 valence electrons. The number of nitrogens with zero attached hydrogens (tertiary/aromatic N) is 1. The maximum absolute atomic E-state index is 12.2. The Morgan fingerprint density at radius 2 is 1.96 bits per heavy atom. The van der Waals surface area contributed by atoms with Crippen LogP contribution in [0.3, 0.4) is 0 Å². The van der Waals surface area contributed by atoms with Crippen LogP contribution in [0.15, 0.2) is 18.2 Å². The quantitative estimate of drug-likeness (QED) is 0.424. The SMILES string of the molecule is CCCCC(CC)CNC(=O)CCCN(c1ccc(I)cc1C)S(C)(=O)=O. The smallest absolute Gasteiger partial charge is 0.232 e. The number of anilines is 1. The highest BCUT2D eigenvalue weighted by atomic mass is 127. The van der Waals surface area contributed by atoms with Gasteiger partial charge >= 0.3 is 0 Å². The Bertz CT molecular complexity index is 707. The van der Waals surface area contributed by atoms with Gasteiger partial charge in [-0.15, -0.1) is 0 Å². The van der Waals surface area contributed by atoms with Gasteiger partial charge < -0.3 is 5.32 Å². The second-order valence-electron chi connectivity index (χ2n) is 7.09. The van der Waals surface area contributed by atoms with E-state index in [1.165, 1.54) is 23.4 Å². The zero-order chi connectivity index (χ0) is 20.4. The van der Waals surface area contributed by atoms with Crippen molar-refractivity contribution in [2.45, 2.75) is 59.3 Å². The zero-order valence-corrected chi connectivity index (χ0v) is 19.9. The van der Waals surface area contributed by atoms with Crippen LogP contribution in [0.5, 0.6) is 0 Å². The molecule has 0 aliphatic rings. The summed E-state index contributed by atoms with van der Waals surface area (Å²) in [7, 11) is -3.39. The van der Waals surface area contributed by atoms with Crippen molar-refractivity contribution in [3.63, 3.8) is 0 Å². The normalized spacial score (nSPS) is 12.6. The van der Waals surface area contributed by atoms with Crippen molar-refractivity contribution in [3.05, 3.63) is 27.3 Å². The fourth-order valence-corrected chi connectivity index (χ4v) is 4.71. The van der Waals surface area contributed by atoms with E-state index in [0.29, 0.717) is 37.5 Å². The number of aryl methyl sites for hydroxylation is 1. The van der Waals surface area contributed by atoms with Gasteiger partial charge in [0.2, 0.25) is 15.9 Å². The predicted molar refractivity (Wildman–Crippen MR) is 122 cm³/mol. The Kier molecular flexibility index (Phi) is 10.7. The van der Waals surface area contributed by atoms with Gasteiger partial charge in [-0.05, 0) is 72.0 Å². The molecule has 1 N–H and O–H groups in total. The van der Waals surface area contributed by atoms with Crippen molar-refractivity contribution in [2.24, 2.45) is 5.92 Å². The Balaban J connectivity index is 2.58. The molecule has 0 fully saturated rings. The number of carbonyl (C=O) groups excluding carboxylic acids is 1. The third-order valence-electron chi connectivity index (χ3n) is 4.72. The number of benzene rings is 1. The molecule has 0 radical (unpaired) electrons. The van der Waals surface area contributed by atoms with Crippen LogP contribution in [-0.2, 0) is 14.8 Å². The summed E-state index contributed by atoms with van der Waals surface area (Å²) in [5, 5.41) is 3.01. The zero-order valence-electron chi connectivity index (χ0n) is 16.9. The number of nitrogens with one attached hydrogen (secondary N) is 1. The highest BCUT2D eigenvalue weighted by Gasteiger charge is 2.19. The summed E-state index contributed by atoms with van der Waals surface area (Å²) in [4.78, 5) is 12.1. The Hall–Kier alpha value is -0.830. The first-order chi connectivity index (χ1) is 12.7. The number of unbranched alkanes of at least 4 members (excludes halogenated alkanes) is 1. The van der Waals surface area contributed by atoms with Gasteiger partial charge in [-0.25, -0.2) is 8.42 Å². The molecule has 0 spiro atoms. The minimum atomic E-state index is -3.39. The fraction of sp³-hybridized carbons (Fsp3) is 0.650. The van der Waals surface area contributed by atoms with Gasteiger partial charge in [-0.3, -0.25) is 9.10 Å². The Morgan fingerprint density at radius 1 is 1.26 bits per heavy atom. The number of carbonyl (C=O) groups is 1. The van der Waals surface area contributed by atoms with Crippen LogP contribution in [-0.4, -0.2) is 33.7 Å². The first-order valence-electron chi connectivity index (χ1n) is 9.69. The largest absolute Gasteiger partial charge is 0.356 e. The summed E-state index contributed by atoms with van der Waals surface area (Å²) in [5.41, 5.74) is 1.60. The van der Waals surface area contributed by atoms with Crippen molar-refractivity contribution < 1.29 is 13.2 Å². The maximum atomic E-state index is 12.2. The lowest BCUT2D eigenvalue weighted by Crippen LogP contribution is -2.33. The van der Waals surface area contributed by atoms with Crippen LogP contribution in [0.2, 0.25) is 0 Å². The van der Waals surface area contributed by atoms with Crippen molar-refractivity contribution in [1.29, 1.82) is 0 Å². The molecule has 5 nitrogen and oxygen atoms in total. The number of halogens is 1. The summed E-state index contributed by atoms with van der Waals surface area (Å²) in [6.07, 6.45) is 6.60. The Morgan fingerprint density at radius 3 is 2.52 bits per heavy atom. The van der Waals surface area contributed by atoms with E-state index in [-0.39, 0.29) is 5.91 Å². The molecule has 0 aliphatic heterocycles. The molecule has 1 aromatic rings. The van der Waals surface area contributed by atoms with E-state index < -0.39 is 10.0 Å². The lowest BCUT2D eigenvalue weighted by atomic mass is 9.99. The van der Waals surface area contributed by atoms with E-state index >= 15 is 0 Å². The van der Waals surface area contributed by atoms with Crippen molar-refractivity contribution >= 4 is 44.2 Å². The molecule has 0 saturated carbocycles. The molecule has 1 amide bonds. The van der Waals surface area contributed by atoms with Crippen molar-refractivity contribution in [1.82, 2.24) is 5.32 Å². The highest BCUT2D eigenvalue weighted by molar-refractivity contribution is 14.1. The average molecular weight is 508 g/mol. The highest BCUT2D eigenvalue weighted by Crippen LogP contribution is 2.24. The molecule has 1 rings (SSSR count). The van der Waals surface area contributed by atoms with Crippen LogP contribution in [0, 0.1) is 16.4 Å². The summed E-state index contributed by atoms with van der Waals surface area (Å²) < 4.78 is 26.9. The molecule has 7 heteroatoms. The van der Waals surface area contributed by atoms with Crippen LogP contribution < -0.4 is 9.62 Å². The molecule has 0 aromatic heterocycles. The fourth-order valence-electron chi connectivity index (χ4n) is 3.04. The van der Waals surface area contributed by atoms with E-state index in [4.69, 9.17) is 0 Å². The monoisotopic (exact) mass is 508 g/mol. The minimum Gasteiger partial charge on any atom is -0.356 e. The van der Waals surface area contributed by atoms with E-state index in [1.807, 2.05) is 25.1 Å². The third-order valence-corrected chi connectivity index (χ3v) is 6.58. The van der Waals surface area contributed by atoms with E-state index in [2.05, 4.69) is 41.8 Å². The number of hydrogen-bond acceptors (Lipinski definition) is 3. The lowest BCUT2D eigenvalue weighted by Gasteiger charge is -2.24. The summed E-state index contributed by atoms with van der Waals surface area (Å²) in [5.74, 6) is 0.522. The molecule has 27 heavy (non-hydrogen) atoms. The van der Waals surface area contributed by atoms with Crippen molar-refractivity contribution in [2.75, 3.05) is 23.7 Å². The molecule has 0 heterocycles. The third kappa shape index (κ3) is 8.81. The molecule has 1 unspecified atom stereocenters. The summed E-state index contributed by atoms with van der Waals surface area (Å²) in [6, 6.07) is 5.69. The second kappa shape index (κ2) is 11.9.